The summed E-state index contributed by atoms with van der Waals surface area (Å²) in [7, 11) is 8.00. The molecule has 0 rings (SSSR count). The van der Waals surface area contributed by atoms with E-state index in [-0.39, 0.29) is 0 Å². The molecular weight excluding hydrogens is 45.6 g/mol. The highest BCUT2D eigenvalue weighted by Gasteiger charge is 1.00. The van der Waals surface area contributed by atoms with Crippen LogP contribution < -0.4 is 0 Å². The molecule has 0 aromatic rings. The van der Waals surface area contributed by atoms with E-state index in [0.717, 1.165) is 0 Å². The van der Waals surface area contributed by atoms with Gasteiger partial charge in [0.15, 0.2) is 0 Å². The third-order valence-corrected chi connectivity index (χ3v) is 0. The molecule has 0 heterocycles. The van der Waals surface area contributed by atoms with E-state index in [2.05, 4.69) is 15.5 Å². The smallest absolute Gasteiger partial charge is 0 e. The van der Waals surface area contributed by atoms with Gasteiger partial charge < -0.3 is 0 Å². The lowest BCUT2D eigenvalue weighted by Crippen LogP contribution is -1.38. The van der Waals surface area contributed by atoms with Crippen LogP contribution in [0.5, 0.6) is 0 Å². The van der Waals surface area contributed by atoms with Gasteiger partial charge in [-0.25, -0.2) is 0 Å². The van der Waals surface area contributed by atoms with Crippen LogP contribution in [0.2, 0.25) is 0 Å². The fourth-order valence-corrected chi connectivity index (χ4v) is 0. The van der Waals surface area contributed by atoms with E-state index >= 15 is 0 Å². The van der Waals surface area contributed by atoms with Crippen molar-refractivity contribution in [2.24, 2.45) is 0 Å². The Morgan fingerprint density at radius 1 is 1.00 bits per heavy atom. The van der Waals surface area contributed by atoms with Gasteiger partial charge in [0.2, 0.25) is 0 Å². The van der Waals surface area contributed by atoms with Crippen LogP contribution in [0.3, 0.4) is 0 Å². The third-order valence-electron chi connectivity index (χ3n) is 0. The van der Waals surface area contributed by atoms with Gasteiger partial charge >= 0.3 is 0 Å². The second kappa shape index (κ2) is 842. The maximum Gasteiger partial charge on any atom is 0 e. The molecule has 0 bridgehead atoms. The fourth-order valence-electron chi connectivity index (χ4n) is 0. The molecule has 0 unspecified atom stereocenters. The minimum atomic E-state index is 2.00. The first-order chi connectivity index (χ1) is 2.00. The van der Waals surface area contributed by atoms with Crippen LogP contribution in [0.4, 0.5) is 0 Å². The molecular formula is C2H6B2. The summed E-state index contributed by atoms with van der Waals surface area (Å²) in [5.41, 5.74) is 0. The predicted octanol–water partition coefficient (Wildman–Crippen LogP) is 0.265. The molecule has 0 atom stereocenters. The summed E-state index contributed by atoms with van der Waals surface area (Å²) < 4.78 is 0. The highest BCUT2D eigenvalue weighted by molar-refractivity contribution is 6.75. The van der Waals surface area contributed by atoms with Crippen molar-refractivity contribution in [1.29, 1.82) is 0 Å². The van der Waals surface area contributed by atoms with E-state index in [1.54, 1.807) is 0 Å². The molecule has 4 radical (unpaired) electrons. The Hall–Kier alpha value is 0.130. The molecule has 0 spiro atoms. The minimum absolute atomic E-state index is 2.00. The van der Waals surface area contributed by atoms with Crippen molar-refractivity contribution in [3.05, 3.63) is 0 Å². The van der Waals surface area contributed by atoms with E-state index in [1.807, 2.05) is 13.8 Å². The Morgan fingerprint density at radius 2 is 1.00 bits per heavy atom. The molecule has 4 heavy (non-hydrogen) atoms. The van der Waals surface area contributed by atoms with Gasteiger partial charge in [0.25, 0.3) is 0 Å². The number of hydrogen-bond acceptors (Lipinski definition) is 0. The molecule has 0 saturated heterocycles. The highest BCUT2D eigenvalue weighted by atomic mass is 13.0. The normalized spacial score (nSPS) is 2.50. The van der Waals surface area contributed by atoms with Gasteiger partial charge in [-0.2, -0.15) is 0 Å². The Morgan fingerprint density at radius 3 is 1.00 bits per heavy atom. The first-order valence-corrected chi connectivity index (χ1v) is 1.33. The zero-order valence-corrected chi connectivity index (χ0v) is 3.15. The first-order valence-electron chi connectivity index (χ1n) is 1.33. The molecule has 0 saturated carbocycles. The SMILES string of the molecule is CC.[B][B]. The quantitative estimate of drug-likeness (QED) is 0.347. The topological polar surface area (TPSA) is 0 Å². The fraction of sp³-hybridized carbons (Fsp3) is 1.00. The van der Waals surface area contributed by atoms with E-state index in [9.17, 15) is 0 Å². The van der Waals surface area contributed by atoms with Crippen molar-refractivity contribution in [2.45, 2.75) is 13.8 Å². The first kappa shape index (κ1) is 8.92. The summed E-state index contributed by atoms with van der Waals surface area (Å²) in [4.78, 5) is 0. The molecule has 0 amide bonds. The van der Waals surface area contributed by atoms with E-state index in [1.165, 1.54) is 0 Å². The molecule has 0 aliphatic carbocycles. The lowest BCUT2D eigenvalue weighted by atomic mass is 9.81. The van der Waals surface area contributed by atoms with Crippen molar-refractivity contribution < 1.29 is 0 Å². The standard InChI is InChI=1S/C2H6.B2/c2*1-2/h1-2H3;. The van der Waals surface area contributed by atoms with E-state index in [4.69, 9.17) is 0 Å². The monoisotopic (exact) mass is 52.1 g/mol. The van der Waals surface area contributed by atoms with Gasteiger partial charge in [0.05, 0.1) is 0 Å². The minimum Gasteiger partial charge on any atom is -0.0683 e. The van der Waals surface area contributed by atoms with Crippen molar-refractivity contribution in [3.63, 3.8) is 0 Å². The Labute approximate surface area is 30.4 Å². The molecule has 20 valence electrons. The van der Waals surface area contributed by atoms with Crippen molar-refractivity contribution in [3.8, 4) is 0 Å². The summed E-state index contributed by atoms with van der Waals surface area (Å²) in [5, 5.41) is 0. The predicted molar refractivity (Wildman–Crippen MR) is 22.9 cm³/mol. The Kier molecular flexibility index (Phi) is 1880. The average molecular weight is 51.7 g/mol. The summed E-state index contributed by atoms with van der Waals surface area (Å²) in [6.45, 7) is 4.00. The Bertz CT molecular complexity index is 4.00. The van der Waals surface area contributed by atoms with Crippen LogP contribution >= 0.6 is 0 Å². The lowest BCUT2D eigenvalue weighted by Gasteiger charge is -1.07. The van der Waals surface area contributed by atoms with Crippen LogP contribution in [-0.2, 0) is 0 Å². The largest absolute Gasteiger partial charge is 0.0683 e. The van der Waals surface area contributed by atoms with Gasteiger partial charge in [-0.15, -0.1) is 0 Å². The van der Waals surface area contributed by atoms with Crippen molar-refractivity contribution in [1.82, 2.24) is 0 Å². The maximum absolute atomic E-state index is 4.00. The van der Waals surface area contributed by atoms with Crippen molar-refractivity contribution >= 4 is 15.5 Å². The van der Waals surface area contributed by atoms with Crippen LogP contribution in [0.25, 0.3) is 0 Å². The van der Waals surface area contributed by atoms with E-state index in [0.29, 0.717) is 0 Å². The second-order valence-corrected chi connectivity index (χ2v) is 0. The number of rotatable bonds is 0. The van der Waals surface area contributed by atoms with Crippen LogP contribution in [0, 0.1) is 0 Å². The average Bonchev–Trinajstić information content (AvgIpc) is 1.50. The highest BCUT2D eigenvalue weighted by Crippen LogP contribution is 1.14. The number of hydrogen-bond donors (Lipinski definition) is 0. The lowest BCUT2D eigenvalue weighted by molar-refractivity contribution is 1.50. The zero-order valence-electron chi connectivity index (χ0n) is 3.15. The molecule has 2 heteroatoms. The van der Waals surface area contributed by atoms with Crippen molar-refractivity contribution in [2.75, 3.05) is 0 Å². The molecule has 0 aromatic heterocycles. The molecule has 0 aromatic carbocycles. The van der Waals surface area contributed by atoms with Gasteiger partial charge in [-0.3, -0.25) is 0 Å². The van der Waals surface area contributed by atoms with E-state index < -0.39 is 0 Å². The summed E-state index contributed by atoms with van der Waals surface area (Å²) >= 11 is 0. The second-order valence-electron chi connectivity index (χ2n) is 0. The van der Waals surface area contributed by atoms with Crippen LogP contribution in [0.15, 0.2) is 0 Å². The van der Waals surface area contributed by atoms with Gasteiger partial charge in [0.1, 0.15) is 0 Å². The zero-order chi connectivity index (χ0) is 4.00. The molecule has 0 nitrogen and oxygen atoms in total. The third kappa shape index (κ3) is 161. The molecule has 0 N–H and O–H groups in total. The maximum atomic E-state index is 4.00. The van der Waals surface area contributed by atoms with Gasteiger partial charge in [0, 0.05) is 15.5 Å². The van der Waals surface area contributed by atoms with Crippen LogP contribution in [0.1, 0.15) is 13.8 Å². The van der Waals surface area contributed by atoms with Crippen LogP contribution in [-0.4, -0.2) is 15.5 Å². The molecule has 0 aliphatic rings. The molecule has 0 fully saturated rings. The summed E-state index contributed by atoms with van der Waals surface area (Å²) in [6.07, 6.45) is 0. The van der Waals surface area contributed by atoms with Gasteiger partial charge in [-0.05, 0) is 0 Å². The Balaban J connectivity index is 0. The molecule has 0 aliphatic heterocycles. The summed E-state index contributed by atoms with van der Waals surface area (Å²) in [6, 6.07) is 0. The van der Waals surface area contributed by atoms with Gasteiger partial charge in [-0.1, -0.05) is 13.8 Å². The summed E-state index contributed by atoms with van der Waals surface area (Å²) in [5.74, 6) is 0.